The van der Waals surface area contributed by atoms with Gasteiger partial charge in [-0.15, -0.1) is 5.10 Å². The molecule has 0 aliphatic carbocycles. The van der Waals surface area contributed by atoms with E-state index >= 15 is 0 Å². The first-order valence-electron chi connectivity index (χ1n) is 9.37. The molecule has 3 aromatic heterocycles. The molecule has 1 aromatic carbocycles. The second kappa shape index (κ2) is 8.57. The summed E-state index contributed by atoms with van der Waals surface area (Å²) in [6.45, 7) is -0.0434. The molecule has 4 rings (SSSR count). The number of ether oxygens (including phenoxy) is 1. The van der Waals surface area contributed by atoms with Gasteiger partial charge in [-0.1, -0.05) is 0 Å². The van der Waals surface area contributed by atoms with Crippen molar-refractivity contribution in [1.29, 1.82) is 0 Å². The number of aromatic nitrogens is 3. The Hall–Kier alpha value is -4.34. The monoisotopic (exact) mass is 421 g/mol. The van der Waals surface area contributed by atoms with Crippen molar-refractivity contribution < 1.29 is 18.7 Å². The number of furan rings is 1. The maximum Gasteiger partial charge on any atom is 0.350 e. The molecule has 158 valence electrons. The Bertz CT molecular complexity index is 1270. The summed E-state index contributed by atoms with van der Waals surface area (Å²) in [6, 6.07) is 13.4. The van der Waals surface area contributed by atoms with Gasteiger partial charge >= 0.3 is 5.69 Å². The summed E-state index contributed by atoms with van der Waals surface area (Å²) in [5, 5.41) is 9.55. The Balaban J connectivity index is 1.47. The van der Waals surface area contributed by atoms with Gasteiger partial charge < -0.3 is 19.8 Å². The normalized spacial score (nSPS) is 10.7. The van der Waals surface area contributed by atoms with Crippen molar-refractivity contribution in [3.8, 4) is 5.75 Å². The average Bonchev–Trinajstić information content (AvgIpc) is 3.41. The summed E-state index contributed by atoms with van der Waals surface area (Å²) in [5.41, 5.74) is 0.654. The molecule has 0 saturated heterocycles. The van der Waals surface area contributed by atoms with Crippen LogP contribution in [0.3, 0.4) is 0 Å². The number of methoxy groups -OCH3 is 1. The molecule has 3 heterocycles. The van der Waals surface area contributed by atoms with Gasteiger partial charge in [0.15, 0.2) is 5.65 Å². The van der Waals surface area contributed by atoms with Gasteiger partial charge in [-0.2, -0.15) is 0 Å². The molecule has 31 heavy (non-hydrogen) atoms. The number of rotatable bonds is 7. The lowest BCUT2D eigenvalue weighted by Crippen LogP contribution is -2.32. The van der Waals surface area contributed by atoms with E-state index in [1.54, 1.807) is 55.6 Å². The highest BCUT2D eigenvalue weighted by molar-refractivity contribution is 6.04. The van der Waals surface area contributed by atoms with Crippen molar-refractivity contribution in [2.75, 3.05) is 12.4 Å². The lowest BCUT2D eigenvalue weighted by Gasteiger charge is -2.06. The van der Waals surface area contributed by atoms with Gasteiger partial charge in [0, 0.05) is 11.9 Å². The summed E-state index contributed by atoms with van der Waals surface area (Å²) in [5.74, 6) is 0.497. The Morgan fingerprint density at radius 2 is 1.94 bits per heavy atom. The molecule has 0 saturated carbocycles. The number of amides is 2. The number of carbonyl (C=O) groups excluding carboxylic acids is 2. The number of pyridine rings is 1. The van der Waals surface area contributed by atoms with Crippen molar-refractivity contribution in [2.45, 2.75) is 13.1 Å². The van der Waals surface area contributed by atoms with Crippen LogP contribution < -0.4 is 21.1 Å². The molecule has 0 aliphatic heterocycles. The number of carbonyl (C=O) groups is 2. The molecule has 10 nitrogen and oxygen atoms in total. The van der Waals surface area contributed by atoms with Crippen LogP contribution in [0.25, 0.3) is 5.65 Å². The number of benzene rings is 1. The first-order chi connectivity index (χ1) is 15.0. The van der Waals surface area contributed by atoms with E-state index in [-0.39, 0.29) is 30.5 Å². The van der Waals surface area contributed by atoms with Crippen molar-refractivity contribution in [3.05, 3.63) is 82.8 Å². The van der Waals surface area contributed by atoms with Crippen LogP contribution in [0.4, 0.5) is 5.69 Å². The van der Waals surface area contributed by atoms with Crippen LogP contribution in [0.5, 0.6) is 5.75 Å². The highest BCUT2D eigenvalue weighted by Gasteiger charge is 2.14. The summed E-state index contributed by atoms with van der Waals surface area (Å²) < 4.78 is 12.5. The Morgan fingerprint density at radius 3 is 2.65 bits per heavy atom. The van der Waals surface area contributed by atoms with Crippen molar-refractivity contribution >= 4 is 23.1 Å². The summed E-state index contributed by atoms with van der Waals surface area (Å²) in [4.78, 5) is 37.3. The van der Waals surface area contributed by atoms with Crippen LogP contribution in [-0.2, 0) is 17.9 Å². The lowest BCUT2D eigenvalue weighted by molar-refractivity contribution is -0.122. The van der Waals surface area contributed by atoms with Crippen molar-refractivity contribution in [2.24, 2.45) is 0 Å². The predicted octanol–water partition coefficient (Wildman–Crippen LogP) is 1.67. The second-order valence-corrected chi connectivity index (χ2v) is 6.62. The summed E-state index contributed by atoms with van der Waals surface area (Å²) >= 11 is 0. The third-order valence-electron chi connectivity index (χ3n) is 4.52. The molecule has 2 amide bonds. The van der Waals surface area contributed by atoms with E-state index in [9.17, 15) is 14.4 Å². The SMILES string of the molecule is COc1ccc(NC(=O)c2ccc3nn(CC(=O)NCc4ccco4)c(=O)n3c2)cc1. The summed E-state index contributed by atoms with van der Waals surface area (Å²) in [6.07, 6.45) is 2.90. The van der Waals surface area contributed by atoms with Crippen molar-refractivity contribution in [1.82, 2.24) is 19.5 Å². The standard InChI is InChI=1S/C21H19N5O5/c1-30-16-7-5-15(6-8-16)23-20(28)14-4-9-18-24-26(21(29)25(18)12-14)13-19(27)22-11-17-3-2-10-31-17/h2-10,12H,11,13H2,1H3,(H,22,27)(H,23,28). The molecule has 2 N–H and O–H groups in total. The van der Waals surface area contributed by atoms with E-state index in [0.717, 1.165) is 4.68 Å². The Morgan fingerprint density at radius 1 is 1.13 bits per heavy atom. The Labute approximate surface area is 176 Å². The topological polar surface area (TPSA) is 120 Å². The number of hydrogen-bond acceptors (Lipinski definition) is 6. The smallest absolute Gasteiger partial charge is 0.350 e. The average molecular weight is 421 g/mol. The minimum absolute atomic E-state index is 0.212. The minimum atomic E-state index is -0.526. The van der Waals surface area contributed by atoms with Gasteiger partial charge in [-0.05, 0) is 48.5 Å². The third-order valence-corrected chi connectivity index (χ3v) is 4.52. The fourth-order valence-corrected chi connectivity index (χ4v) is 2.92. The summed E-state index contributed by atoms with van der Waals surface area (Å²) in [7, 11) is 1.56. The first-order valence-corrected chi connectivity index (χ1v) is 9.37. The first kappa shape index (κ1) is 20.0. The number of hydrogen-bond donors (Lipinski definition) is 2. The molecule has 0 aliphatic rings. The van der Waals surface area contributed by atoms with Crippen LogP contribution in [0.15, 0.2) is 70.2 Å². The van der Waals surface area contributed by atoms with Crippen LogP contribution in [-0.4, -0.2) is 33.1 Å². The van der Waals surface area contributed by atoms with Crippen LogP contribution in [0.1, 0.15) is 16.1 Å². The van der Waals surface area contributed by atoms with E-state index < -0.39 is 5.69 Å². The van der Waals surface area contributed by atoms with Gasteiger partial charge in [-0.25, -0.2) is 13.9 Å². The van der Waals surface area contributed by atoms with Gasteiger partial charge in [0.1, 0.15) is 18.1 Å². The fourth-order valence-electron chi connectivity index (χ4n) is 2.92. The lowest BCUT2D eigenvalue weighted by atomic mass is 10.2. The minimum Gasteiger partial charge on any atom is -0.497 e. The van der Waals surface area contributed by atoms with Gasteiger partial charge in [0.05, 0.1) is 25.5 Å². The number of anilines is 1. The molecule has 0 fully saturated rings. The Kier molecular flexibility index (Phi) is 5.52. The van der Waals surface area contributed by atoms with E-state index in [1.165, 1.54) is 16.9 Å². The number of nitrogens with one attached hydrogen (secondary N) is 2. The number of nitrogens with zero attached hydrogens (tertiary/aromatic N) is 3. The molecule has 0 radical (unpaired) electrons. The molecule has 10 heteroatoms. The van der Waals surface area contributed by atoms with Gasteiger partial charge in [0.2, 0.25) is 5.91 Å². The highest BCUT2D eigenvalue weighted by Crippen LogP contribution is 2.16. The molecule has 0 spiro atoms. The molecule has 0 bridgehead atoms. The maximum atomic E-state index is 12.6. The molecule has 0 unspecified atom stereocenters. The van der Waals surface area contributed by atoms with E-state index in [0.29, 0.717) is 22.8 Å². The number of fused-ring (bicyclic) bond motifs is 1. The molecular formula is C21H19N5O5. The van der Waals surface area contributed by atoms with Crippen LogP contribution in [0, 0.1) is 0 Å². The molecular weight excluding hydrogens is 402 g/mol. The zero-order chi connectivity index (χ0) is 21.8. The van der Waals surface area contributed by atoms with E-state index in [1.807, 2.05) is 0 Å². The zero-order valence-corrected chi connectivity index (χ0v) is 16.6. The van der Waals surface area contributed by atoms with Crippen LogP contribution >= 0.6 is 0 Å². The fraction of sp³-hybridized carbons (Fsp3) is 0.143. The largest absolute Gasteiger partial charge is 0.497 e. The third kappa shape index (κ3) is 4.47. The zero-order valence-electron chi connectivity index (χ0n) is 16.6. The predicted molar refractivity (Wildman–Crippen MR) is 111 cm³/mol. The highest BCUT2D eigenvalue weighted by atomic mass is 16.5. The van der Waals surface area contributed by atoms with E-state index in [4.69, 9.17) is 9.15 Å². The van der Waals surface area contributed by atoms with E-state index in [2.05, 4.69) is 15.7 Å². The molecule has 0 atom stereocenters. The maximum absolute atomic E-state index is 12.6. The van der Waals surface area contributed by atoms with Gasteiger partial charge in [-0.3, -0.25) is 9.59 Å². The van der Waals surface area contributed by atoms with Gasteiger partial charge in [0.25, 0.3) is 5.91 Å². The van der Waals surface area contributed by atoms with Crippen LogP contribution in [0.2, 0.25) is 0 Å². The second-order valence-electron chi connectivity index (χ2n) is 6.62. The molecule has 4 aromatic rings. The quantitative estimate of drug-likeness (QED) is 0.468. The van der Waals surface area contributed by atoms with Crippen molar-refractivity contribution in [3.63, 3.8) is 0 Å².